The molecule has 1 saturated heterocycles. The van der Waals surface area contributed by atoms with Crippen molar-refractivity contribution in [2.75, 3.05) is 13.1 Å². The number of nitrogens with one attached hydrogen (secondary N) is 3. The second-order valence-electron chi connectivity index (χ2n) is 5.59. The van der Waals surface area contributed by atoms with Gasteiger partial charge in [0.15, 0.2) is 0 Å². The molecule has 108 valence electrons. The molecule has 1 saturated carbocycles. The Hall–Kier alpha value is -1.10. The second kappa shape index (κ2) is 7.48. The van der Waals surface area contributed by atoms with Crippen molar-refractivity contribution in [3.05, 3.63) is 0 Å². The molecule has 0 spiro atoms. The molecule has 2 rings (SSSR count). The van der Waals surface area contributed by atoms with Crippen molar-refractivity contribution in [1.82, 2.24) is 16.0 Å². The van der Waals surface area contributed by atoms with Gasteiger partial charge in [0.1, 0.15) is 6.04 Å². The Morgan fingerprint density at radius 1 is 1.11 bits per heavy atom. The van der Waals surface area contributed by atoms with E-state index in [9.17, 15) is 9.59 Å². The van der Waals surface area contributed by atoms with Crippen molar-refractivity contribution in [1.29, 1.82) is 0 Å². The van der Waals surface area contributed by atoms with E-state index in [-0.39, 0.29) is 17.9 Å². The maximum Gasteiger partial charge on any atom is 0.242 e. The summed E-state index contributed by atoms with van der Waals surface area (Å²) in [6.07, 6.45) is 8.96. The molecule has 5 heteroatoms. The van der Waals surface area contributed by atoms with E-state index in [0.717, 1.165) is 6.54 Å². The number of hydrogen-bond acceptors (Lipinski definition) is 3. The third-order valence-corrected chi connectivity index (χ3v) is 4.02. The van der Waals surface area contributed by atoms with Crippen LogP contribution in [-0.2, 0) is 9.59 Å². The predicted octanol–water partition coefficient (Wildman–Crippen LogP) is 0.694. The highest BCUT2D eigenvalue weighted by Crippen LogP contribution is 2.16. The molecule has 0 unspecified atom stereocenters. The van der Waals surface area contributed by atoms with E-state index in [1.54, 1.807) is 0 Å². The van der Waals surface area contributed by atoms with Gasteiger partial charge in [0.05, 0.1) is 0 Å². The average Bonchev–Trinajstić information content (AvgIpc) is 2.68. The van der Waals surface area contributed by atoms with E-state index in [0.29, 0.717) is 25.4 Å². The van der Waals surface area contributed by atoms with Crippen molar-refractivity contribution in [2.45, 2.75) is 63.5 Å². The van der Waals surface area contributed by atoms with Crippen LogP contribution in [0.25, 0.3) is 0 Å². The SMILES string of the molecule is O=C1CC[C@@H](C(=O)NCCNC2CCCCCC2)N1. The molecule has 0 aromatic carbocycles. The van der Waals surface area contributed by atoms with Crippen LogP contribution in [0, 0.1) is 0 Å². The molecule has 1 aliphatic heterocycles. The first-order chi connectivity index (χ1) is 9.25. The fourth-order valence-electron chi connectivity index (χ4n) is 2.88. The molecule has 2 fully saturated rings. The fraction of sp³-hybridized carbons (Fsp3) is 0.857. The maximum absolute atomic E-state index is 11.7. The van der Waals surface area contributed by atoms with E-state index in [4.69, 9.17) is 0 Å². The third-order valence-electron chi connectivity index (χ3n) is 4.02. The maximum atomic E-state index is 11.7. The average molecular weight is 267 g/mol. The molecule has 1 atom stereocenters. The van der Waals surface area contributed by atoms with Gasteiger partial charge in [-0.3, -0.25) is 9.59 Å². The van der Waals surface area contributed by atoms with Gasteiger partial charge in [0.25, 0.3) is 0 Å². The highest BCUT2D eigenvalue weighted by molar-refractivity contribution is 5.90. The minimum absolute atomic E-state index is 0.0169. The van der Waals surface area contributed by atoms with Crippen LogP contribution in [0.15, 0.2) is 0 Å². The van der Waals surface area contributed by atoms with Crippen LogP contribution in [0.4, 0.5) is 0 Å². The van der Waals surface area contributed by atoms with Crippen molar-refractivity contribution < 1.29 is 9.59 Å². The van der Waals surface area contributed by atoms with E-state index in [2.05, 4.69) is 16.0 Å². The highest BCUT2D eigenvalue weighted by Gasteiger charge is 2.26. The summed E-state index contributed by atoms with van der Waals surface area (Å²) in [5.41, 5.74) is 0. The zero-order valence-electron chi connectivity index (χ0n) is 11.5. The van der Waals surface area contributed by atoms with Crippen LogP contribution in [0.1, 0.15) is 51.4 Å². The zero-order valence-corrected chi connectivity index (χ0v) is 11.5. The molecule has 0 aromatic heterocycles. The minimum atomic E-state index is -0.314. The van der Waals surface area contributed by atoms with Gasteiger partial charge in [0, 0.05) is 25.6 Å². The summed E-state index contributed by atoms with van der Waals surface area (Å²) in [6.45, 7) is 1.46. The topological polar surface area (TPSA) is 70.2 Å². The Balaban J connectivity index is 1.56. The van der Waals surface area contributed by atoms with Gasteiger partial charge in [-0.2, -0.15) is 0 Å². The van der Waals surface area contributed by atoms with Gasteiger partial charge in [-0.1, -0.05) is 25.7 Å². The summed E-state index contributed by atoms with van der Waals surface area (Å²) in [5, 5.41) is 9.08. The summed E-state index contributed by atoms with van der Waals surface area (Å²) in [5.74, 6) is -0.0646. The summed E-state index contributed by atoms with van der Waals surface area (Å²) in [6, 6.07) is 0.302. The van der Waals surface area contributed by atoms with Gasteiger partial charge >= 0.3 is 0 Å². The molecular weight excluding hydrogens is 242 g/mol. The summed E-state index contributed by atoms with van der Waals surface area (Å²) in [4.78, 5) is 22.8. The molecule has 3 N–H and O–H groups in total. The van der Waals surface area contributed by atoms with E-state index >= 15 is 0 Å². The minimum Gasteiger partial charge on any atom is -0.353 e. The van der Waals surface area contributed by atoms with E-state index in [1.807, 2.05) is 0 Å². The van der Waals surface area contributed by atoms with Crippen molar-refractivity contribution in [3.63, 3.8) is 0 Å². The van der Waals surface area contributed by atoms with Gasteiger partial charge in [-0.25, -0.2) is 0 Å². The first-order valence-corrected chi connectivity index (χ1v) is 7.56. The lowest BCUT2D eigenvalue weighted by Crippen LogP contribution is -2.44. The standard InChI is InChI=1S/C14H25N3O2/c18-13-8-7-12(17-13)14(19)16-10-9-15-11-5-3-1-2-4-6-11/h11-12,15H,1-10H2,(H,16,19)(H,17,18)/t12-/m0/s1. The normalized spacial score (nSPS) is 24.8. The molecule has 1 heterocycles. The Labute approximate surface area is 114 Å². The lowest BCUT2D eigenvalue weighted by Gasteiger charge is -2.17. The summed E-state index contributed by atoms with van der Waals surface area (Å²) in [7, 11) is 0. The van der Waals surface area contributed by atoms with Crippen LogP contribution in [0.5, 0.6) is 0 Å². The van der Waals surface area contributed by atoms with E-state index in [1.165, 1.54) is 38.5 Å². The molecule has 2 aliphatic rings. The molecule has 5 nitrogen and oxygen atoms in total. The van der Waals surface area contributed by atoms with Gasteiger partial charge < -0.3 is 16.0 Å². The van der Waals surface area contributed by atoms with Crippen LogP contribution in [-0.4, -0.2) is 37.0 Å². The number of hydrogen-bond donors (Lipinski definition) is 3. The fourth-order valence-corrected chi connectivity index (χ4v) is 2.88. The number of amides is 2. The van der Waals surface area contributed by atoms with E-state index < -0.39 is 0 Å². The number of carbonyl (C=O) groups is 2. The molecular formula is C14H25N3O2. The first-order valence-electron chi connectivity index (χ1n) is 7.56. The van der Waals surface area contributed by atoms with Gasteiger partial charge in [-0.05, 0) is 19.3 Å². The third kappa shape index (κ3) is 4.82. The second-order valence-corrected chi connectivity index (χ2v) is 5.59. The van der Waals surface area contributed by atoms with Gasteiger partial charge in [0.2, 0.25) is 11.8 Å². The molecule has 0 radical (unpaired) electrons. The van der Waals surface area contributed by atoms with Crippen LogP contribution < -0.4 is 16.0 Å². The predicted molar refractivity (Wildman–Crippen MR) is 73.7 cm³/mol. The van der Waals surface area contributed by atoms with Crippen LogP contribution in [0.3, 0.4) is 0 Å². The molecule has 2 amide bonds. The highest BCUT2D eigenvalue weighted by atomic mass is 16.2. The molecule has 0 bridgehead atoms. The van der Waals surface area contributed by atoms with Crippen LogP contribution >= 0.6 is 0 Å². The largest absolute Gasteiger partial charge is 0.353 e. The van der Waals surface area contributed by atoms with Crippen LogP contribution in [0.2, 0.25) is 0 Å². The Bertz CT molecular complexity index is 312. The Morgan fingerprint density at radius 3 is 2.47 bits per heavy atom. The quantitative estimate of drug-likeness (QED) is 0.507. The Kier molecular flexibility index (Phi) is 5.63. The smallest absolute Gasteiger partial charge is 0.242 e. The summed E-state index contributed by atoms with van der Waals surface area (Å²) >= 11 is 0. The van der Waals surface area contributed by atoms with Crippen molar-refractivity contribution >= 4 is 11.8 Å². The lowest BCUT2D eigenvalue weighted by molar-refractivity contribution is -0.125. The molecule has 0 aromatic rings. The molecule has 1 aliphatic carbocycles. The molecule has 19 heavy (non-hydrogen) atoms. The number of rotatable bonds is 5. The monoisotopic (exact) mass is 267 g/mol. The van der Waals surface area contributed by atoms with Crippen molar-refractivity contribution in [2.24, 2.45) is 0 Å². The Morgan fingerprint density at radius 2 is 1.84 bits per heavy atom. The number of carbonyl (C=O) groups excluding carboxylic acids is 2. The summed E-state index contributed by atoms with van der Waals surface area (Å²) < 4.78 is 0. The van der Waals surface area contributed by atoms with Gasteiger partial charge in [-0.15, -0.1) is 0 Å². The zero-order chi connectivity index (χ0) is 13.5. The first kappa shape index (κ1) is 14.3. The van der Waals surface area contributed by atoms with Crippen molar-refractivity contribution in [3.8, 4) is 0 Å². The lowest BCUT2D eigenvalue weighted by atomic mass is 10.1.